The summed E-state index contributed by atoms with van der Waals surface area (Å²) in [6.07, 6.45) is 1.79. The summed E-state index contributed by atoms with van der Waals surface area (Å²) in [5.41, 5.74) is 2.72. The summed E-state index contributed by atoms with van der Waals surface area (Å²) in [5, 5.41) is 20.4. The van der Waals surface area contributed by atoms with Crippen molar-refractivity contribution in [2.24, 2.45) is 7.05 Å². The van der Waals surface area contributed by atoms with Crippen LogP contribution in [0.1, 0.15) is 11.3 Å². The molecular formula is C24H20ClN5O4. The number of aryl methyl sites for hydroxylation is 1. The number of carbonyl (C=O) groups is 3. The monoisotopic (exact) mass is 477 g/mol. The average molecular weight is 478 g/mol. The van der Waals surface area contributed by atoms with Gasteiger partial charge in [-0.25, -0.2) is 0 Å². The largest absolute Gasteiger partial charge is 0.395 e. The number of benzene rings is 2. The van der Waals surface area contributed by atoms with E-state index >= 15 is 0 Å². The van der Waals surface area contributed by atoms with E-state index in [9.17, 15) is 14.4 Å². The lowest BCUT2D eigenvalue weighted by Gasteiger charge is -2.04. The lowest BCUT2D eigenvalue weighted by atomic mass is 9.97. The average Bonchev–Trinajstić information content (AvgIpc) is 3.42. The molecule has 2 aromatic carbocycles. The lowest BCUT2D eigenvalue weighted by molar-refractivity contribution is -0.123. The van der Waals surface area contributed by atoms with Gasteiger partial charge in [0.1, 0.15) is 12.2 Å². The van der Waals surface area contributed by atoms with Crippen LogP contribution in [0.2, 0.25) is 5.02 Å². The number of hydrogen-bond acceptors (Lipinski definition) is 5. The number of nitrogens with one attached hydrogen (secondary N) is 2. The van der Waals surface area contributed by atoms with Crippen LogP contribution in [0, 0.1) is 0 Å². The summed E-state index contributed by atoms with van der Waals surface area (Å²) in [6, 6.07) is 12.6. The van der Waals surface area contributed by atoms with Crippen LogP contribution in [0.5, 0.6) is 0 Å². The molecule has 0 fully saturated rings. The molecule has 9 nitrogen and oxygen atoms in total. The number of aromatic nitrogens is 3. The summed E-state index contributed by atoms with van der Waals surface area (Å²) < 4.78 is 3.35. The van der Waals surface area contributed by atoms with Gasteiger partial charge in [0.25, 0.3) is 11.8 Å². The van der Waals surface area contributed by atoms with E-state index in [-0.39, 0.29) is 36.7 Å². The molecule has 0 aliphatic carbocycles. The van der Waals surface area contributed by atoms with Crippen molar-refractivity contribution in [2.45, 2.75) is 6.54 Å². The predicted molar refractivity (Wildman–Crippen MR) is 128 cm³/mol. The highest BCUT2D eigenvalue weighted by Crippen LogP contribution is 2.38. The number of imide groups is 1. The number of hydrogen-bond donors (Lipinski definition) is 3. The van der Waals surface area contributed by atoms with Gasteiger partial charge >= 0.3 is 0 Å². The van der Waals surface area contributed by atoms with Gasteiger partial charge in [0.2, 0.25) is 5.91 Å². The van der Waals surface area contributed by atoms with Crippen LogP contribution >= 0.6 is 11.6 Å². The van der Waals surface area contributed by atoms with E-state index in [1.807, 2.05) is 17.7 Å². The fraction of sp³-hybridized carbons (Fsp3) is 0.167. The summed E-state index contributed by atoms with van der Waals surface area (Å²) >= 11 is 6.23. The van der Waals surface area contributed by atoms with Crippen LogP contribution in [-0.4, -0.2) is 50.3 Å². The molecule has 3 amide bonds. The zero-order chi connectivity index (χ0) is 24.0. The summed E-state index contributed by atoms with van der Waals surface area (Å²) in [4.78, 5) is 38.3. The highest BCUT2D eigenvalue weighted by molar-refractivity contribution is 6.50. The van der Waals surface area contributed by atoms with Crippen LogP contribution < -0.4 is 10.6 Å². The Morgan fingerprint density at radius 3 is 2.65 bits per heavy atom. The maximum atomic E-state index is 13.0. The Labute approximate surface area is 198 Å². The Balaban J connectivity index is 1.73. The molecule has 172 valence electrons. The van der Waals surface area contributed by atoms with Crippen molar-refractivity contribution in [3.63, 3.8) is 0 Å². The Bertz CT molecular complexity index is 1530. The molecule has 4 aromatic rings. The number of carbonyl (C=O) groups excluding carboxylic acids is 3. The molecule has 0 saturated heterocycles. The number of fused-ring (bicyclic) bond motifs is 2. The lowest BCUT2D eigenvalue weighted by Crippen LogP contribution is -2.30. The fourth-order valence-corrected chi connectivity index (χ4v) is 4.49. The van der Waals surface area contributed by atoms with Crippen molar-refractivity contribution in [3.8, 4) is 0 Å². The molecule has 10 heteroatoms. The molecule has 34 heavy (non-hydrogen) atoms. The van der Waals surface area contributed by atoms with E-state index in [0.717, 1.165) is 10.9 Å². The maximum absolute atomic E-state index is 13.0. The third-order valence-corrected chi connectivity index (χ3v) is 6.01. The van der Waals surface area contributed by atoms with Gasteiger partial charge in [-0.2, -0.15) is 5.10 Å². The van der Waals surface area contributed by atoms with E-state index < -0.39 is 11.8 Å². The molecule has 3 N–H and O–H groups in total. The standard InChI is InChI=1S/C24H20ClN5O4/c1-29-11-16(15-10-13(25)6-7-17(15)29)20-21(24(34)27-23(20)33)22-14-4-2-3-5-18(14)30(28-22)12-19(32)26-8-9-31/h2-7,10-11,31H,8-9,12H2,1H3,(H,26,32)(H,27,33,34). The first-order valence-corrected chi connectivity index (χ1v) is 10.9. The number of para-hydroxylation sites is 1. The van der Waals surface area contributed by atoms with Crippen LogP contribution in [0.4, 0.5) is 0 Å². The number of nitrogens with zero attached hydrogens (tertiary/aromatic N) is 3. The van der Waals surface area contributed by atoms with Crippen molar-refractivity contribution < 1.29 is 19.5 Å². The first-order valence-electron chi connectivity index (χ1n) is 10.6. The second kappa shape index (κ2) is 8.44. The highest BCUT2D eigenvalue weighted by atomic mass is 35.5. The van der Waals surface area contributed by atoms with Crippen molar-refractivity contribution in [3.05, 3.63) is 64.9 Å². The van der Waals surface area contributed by atoms with Crippen molar-refractivity contribution in [1.29, 1.82) is 0 Å². The number of amides is 3. The van der Waals surface area contributed by atoms with E-state index in [1.165, 1.54) is 4.68 Å². The molecule has 0 spiro atoms. The van der Waals surface area contributed by atoms with Crippen LogP contribution in [-0.2, 0) is 28.0 Å². The Morgan fingerprint density at radius 1 is 1.09 bits per heavy atom. The van der Waals surface area contributed by atoms with Crippen molar-refractivity contribution in [1.82, 2.24) is 25.0 Å². The molecule has 5 rings (SSSR count). The molecule has 3 heterocycles. The summed E-state index contributed by atoms with van der Waals surface area (Å²) in [6.45, 7) is -0.159. The van der Waals surface area contributed by atoms with Gasteiger partial charge in [0.05, 0.1) is 23.3 Å². The minimum Gasteiger partial charge on any atom is -0.395 e. The maximum Gasteiger partial charge on any atom is 0.261 e. The fourth-order valence-electron chi connectivity index (χ4n) is 4.32. The van der Waals surface area contributed by atoms with E-state index in [4.69, 9.17) is 16.7 Å². The first-order chi connectivity index (χ1) is 16.4. The van der Waals surface area contributed by atoms with Crippen LogP contribution in [0.15, 0.2) is 48.7 Å². The molecule has 0 atom stereocenters. The Morgan fingerprint density at radius 2 is 1.85 bits per heavy atom. The molecule has 0 unspecified atom stereocenters. The van der Waals surface area contributed by atoms with Crippen molar-refractivity contribution >= 4 is 62.3 Å². The minimum atomic E-state index is -0.556. The normalized spacial score (nSPS) is 13.9. The zero-order valence-electron chi connectivity index (χ0n) is 18.1. The van der Waals surface area contributed by atoms with Gasteiger partial charge in [-0.15, -0.1) is 0 Å². The highest BCUT2D eigenvalue weighted by Gasteiger charge is 2.36. The number of rotatable bonds is 6. The Hall–Kier alpha value is -3.95. The summed E-state index contributed by atoms with van der Waals surface area (Å²) in [5.74, 6) is -1.41. The molecule has 0 saturated carbocycles. The topological polar surface area (TPSA) is 118 Å². The van der Waals surface area contributed by atoms with Gasteiger partial charge in [-0.05, 0) is 24.3 Å². The smallest absolute Gasteiger partial charge is 0.261 e. The first kappa shape index (κ1) is 21.9. The molecule has 2 aromatic heterocycles. The van der Waals surface area contributed by atoms with Crippen LogP contribution in [0.25, 0.3) is 33.0 Å². The van der Waals surface area contributed by atoms with E-state index in [0.29, 0.717) is 27.2 Å². The number of halogens is 1. The minimum absolute atomic E-state index is 0.109. The summed E-state index contributed by atoms with van der Waals surface area (Å²) in [7, 11) is 1.85. The number of aliphatic hydroxyl groups excluding tert-OH is 1. The van der Waals surface area contributed by atoms with Gasteiger partial charge in [-0.3, -0.25) is 24.4 Å². The molecule has 0 radical (unpaired) electrons. The molecule has 1 aliphatic rings. The van der Waals surface area contributed by atoms with Crippen LogP contribution in [0.3, 0.4) is 0 Å². The van der Waals surface area contributed by atoms with Gasteiger partial charge < -0.3 is 15.0 Å². The van der Waals surface area contributed by atoms with Gasteiger partial charge in [0, 0.05) is 46.7 Å². The van der Waals surface area contributed by atoms with Crippen molar-refractivity contribution in [2.75, 3.05) is 13.2 Å². The predicted octanol–water partition coefficient (Wildman–Crippen LogP) is 1.86. The SMILES string of the molecule is Cn1cc(C2=C(c3nn(CC(=O)NCCO)c4ccccc34)C(=O)NC2=O)c2cc(Cl)ccc21. The second-order valence-corrected chi connectivity index (χ2v) is 8.38. The Kier molecular flexibility index (Phi) is 5.43. The zero-order valence-corrected chi connectivity index (χ0v) is 18.9. The van der Waals surface area contributed by atoms with E-state index in [2.05, 4.69) is 15.7 Å². The van der Waals surface area contributed by atoms with E-state index in [1.54, 1.807) is 42.6 Å². The van der Waals surface area contributed by atoms with Gasteiger partial charge in [0.15, 0.2) is 0 Å². The third kappa shape index (κ3) is 3.55. The number of aliphatic hydroxyl groups is 1. The molecular weight excluding hydrogens is 458 g/mol. The quantitative estimate of drug-likeness (QED) is 0.366. The second-order valence-electron chi connectivity index (χ2n) is 7.95. The molecule has 1 aliphatic heterocycles. The third-order valence-electron chi connectivity index (χ3n) is 5.77. The van der Waals surface area contributed by atoms with Gasteiger partial charge in [-0.1, -0.05) is 29.8 Å². The molecule has 0 bridgehead atoms.